The van der Waals surface area contributed by atoms with Gasteiger partial charge in [-0.25, -0.2) is 0 Å². The summed E-state index contributed by atoms with van der Waals surface area (Å²) in [5.74, 6) is 0.269. The normalized spacial score (nSPS) is 29.2. The minimum atomic E-state index is -0.380. The highest BCUT2D eigenvalue weighted by Crippen LogP contribution is 2.36. The summed E-state index contributed by atoms with van der Waals surface area (Å²) in [6.45, 7) is 5.17. The van der Waals surface area contributed by atoms with Crippen molar-refractivity contribution in [1.29, 1.82) is 0 Å². The number of hydrogen-bond acceptors (Lipinski definition) is 3. The fourth-order valence-electron chi connectivity index (χ4n) is 4.25. The highest BCUT2D eigenvalue weighted by atomic mass is 16.2. The molecule has 0 aromatic heterocycles. The lowest BCUT2D eigenvalue weighted by Crippen LogP contribution is -2.54. The van der Waals surface area contributed by atoms with E-state index in [0.717, 1.165) is 25.8 Å². The van der Waals surface area contributed by atoms with Crippen molar-refractivity contribution in [1.82, 2.24) is 10.2 Å². The lowest BCUT2D eigenvalue weighted by Gasteiger charge is -2.39. The van der Waals surface area contributed by atoms with E-state index < -0.39 is 0 Å². The van der Waals surface area contributed by atoms with Gasteiger partial charge < -0.3 is 11.1 Å². The molecule has 0 radical (unpaired) electrons. The molecule has 2 saturated heterocycles. The number of carbonyl (C=O) groups is 1. The van der Waals surface area contributed by atoms with E-state index in [-0.39, 0.29) is 23.9 Å². The maximum Gasteiger partial charge on any atom is 0.237 e. The molecule has 1 aromatic carbocycles. The van der Waals surface area contributed by atoms with Gasteiger partial charge in [0.05, 0.1) is 6.04 Å². The van der Waals surface area contributed by atoms with E-state index in [4.69, 9.17) is 5.73 Å². The molecule has 1 amide bonds. The molecular formula is C20H31N3O. The van der Waals surface area contributed by atoms with Crippen LogP contribution in [0.25, 0.3) is 0 Å². The van der Waals surface area contributed by atoms with E-state index in [2.05, 4.69) is 54.4 Å². The third kappa shape index (κ3) is 3.81. The summed E-state index contributed by atoms with van der Waals surface area (Å²) >= 11 is 0. The molecule has 4 atom stereocenters. The predicted molar refractivity (Wildman–Crippen MR) is 97.4 cm³/mol. The van der Waals surface area contributed by atoms with Gasteiger partial charge in [0.25, 0.3) is 0 Å². The van der Waals surface area contributed by atoms with E-state index in [1.165, 1.54) is 18.4 Å². The van der Waals surface area contributed by atoms with Crippen LogP contribution in [0, 0.1) is 5.92 Å². The maximum absolute atomic E-state index is 12.4. The molecule has 4 heteroatoms. The van der Waals surface area contributed by atoms with Crippen molar-refractivity contribution < 1.29 is 4.79 Å². The summed E-state index contributed by atoms with van der Waals surface area (Å²) in [5, 5.41) is 3.23. The molecule has 0 spiro atoms. The molecule has 0 aliphatic carbocycles. The van der Waals surface area contributed by atoms with Crippen molar-refractivity contribution in [3.05, 3.63) is 35.9 Å². The molecule has 24 heavy (non-hydrogen) atoms. The van der Waals surface area contributed by atoms with Crippen molar-refractivity contribution in [2.75, 3.05) is 0 Å². The number of rotatable bonds is 6. The van der Waals surface area contributed by atoms with Crippen LogP contribution >= 0.6 is 0 Å². The van der Waals surface area contributed by atoms with Gasteiger partial charge in [-0.15, -0.1) is 0 Å². The smallest absolute Gasteiger partial charge is 0.237 e. The third-order valence-electron chi connectivity index (χ3n) is 6.00. The summed E-state index contributed by atoms with van der Waals surface area (Å²) < 4.78 is 0. The quantitative estimate of drug-likeness (QED) is 0.843. The molecule has 2 aliphatic heterocycles. The standard InChI is InChI=1S/C20H31N3O/c1-3-14(2)19(21)20(24)22-16-11-17-9-10-18(12-16)23(17)13-15-7-5-4-6-8-15/h4-8,14,16-19H,3,9-13,21H2,1-2H3,(H,22,24). The zero-order valence-corrected chi connectivity index (χ0v) is 14.9. The van der Waals surface area contributed by atoms with Gasteiger partial charge >= 0.3 is 0 Å². The monoisotopic (exact) mass is 329 g/mol. The molecule has 132 valence electrons. The van der Waals surface area contributed by atoms with E-state index in [1.54, 1.807) is 0 Å². The van der Waals surface area contributed by atoms with Crippen LogP contribution in [-0.4, -0.2) is 35.0 Å². The van der Waals surface area contributed by atoms with Crippen molar-refractivity contribution in [3.63, 3.8) is 0 Å². The Labute approximate surface area is 145 Å². The largest absolute Gasteiger partial charge is 0.352 e. The lowest BCUT2D eigenvalue weighted by atomic mass is 9.94. The van der Waals surface area contributed by atoms with Gasteiger partial charge in [0, 0.05) is 24.7 Å². The van der Waals surface area contributed by atoms with Crippen LogP contribution < -0.4 is 11.1 Å². The predicted octanol–water partition coefficient (Wildman–Crippen LogP) is 2.67. The Balaban J connectivity index is 1.56. The molecule has 0 saturated carbocycles. The summed E-state index contributed by atoms with van der Waals surface area (Å²) in [6.07, 6.45) is 5.56. The second kappa shape index (κ2) is 7.66. The highest BCUT2D eigenvalue weighted by molar-refractivity contribution is 5.82. The van der Waals surface area contributed by atoms with Crippen LogP contribution in [0.1, 0.15) is 51.5 Å². The Kier molecular flexibility index (Phi) is 5.57. The zero-order chi connectivity index (χ0) is 17.1. The maximum atomic E-state index is 12.4. The minimum absolute atomic E-state index is 0.0326. The molecule has 2 heterocycles. The first-order valence-electron chi connectivity index (χ1n) is 9.44. The van der Waals surface area contributed by atoms with Crippen molar-refractivity contribution >= 4 is 5.91 Å². The Morgan fingerprint density at radius 2 is 1.88 bits per heavy atom. The molecule has 3 rings (SSSR count). The van der Waals surface area contributed by atoms with Gasteiger partial charge in [-0.2, -0.15) is 0 Å². The summed E-state index contributed by atoms with van der Waals surface area (Å²) in [6, 6.07) is 11.8. The zero-order valence-electron chi connectivity index (χ0n) is 14.9. The van der Waals surface area contributed by atoms with Crippen molar-refractivity contribution in [3.8, 4) is 0 Å². The second-order valence-electron chi connectivity index (χ2n) is 7.63. The van der Waals surface area contributed by atoms with Crippen LogP contribution in [0.4, 0.5) is 0 Å². The van der Waals surface area contributed by atoms with Gasteiger partial charge in [-0.05, 0) is 37.2 Å². The number of fused-ring (bicyclic) bond motifs is 2. The Hall–Kier alpha value is -1.39. The number of amides is 1. The minimum Gasteiger partial charge on any atom is -0.352 e. The van der Waals surface area contributed by atoms with E-state index in [9.17, 15) is 4.79 Å². The van der Waals surface area contributed by atoms with Crippen molar-refractivity contribution in [2.45, 2.75) is 76.7 Å². The number of piperidine rings is 1. The average Bonchev–Trinajstić information content (AvgIpc) is 2.83. The Morgan fingerprint density at radius 3 is 2.46 bits per heavy atom. The Bertz CT molecular complexity index is 533. The van der Waals surface area contributed by atoms with Gasteiger partial charge in [-0.1, -0.05) is 50.6 Å². The first-order chi connectivity index (χ1) is 11.6. The first-order valence-corrected chi connectivity index (χ1v) is 9.44. The molecule has 1 aromatic rings. The fourth-order valence-corrected chi connectivity index (χ4v) is 4.25. The lowest BCUT2D eigenvalue weighted by molar-refractivity contribution is -0.124. The molecular weight excluding hydrogens is 298 g/mol. The number of carbonyl (C=O) groups excluding carboxylic acids is 1. The molecule has 4 unspecified atom stereocenters. The van der Waals surface area contributed by atoms with Crippen LogP contribution in [-0.2, 0) is 11.3 Å². The fraction of sp³-hybridized carbons (Fsp3) is 0.650. The third-order valence-corrected chi connectivity index (χ3v) is 6.00. The van der Waals surface area contributed by atoms with Crippen molar-refractivity contribution in [2.24, 2.45) is 11.7 Å². The van der Waals surface area contributed by atoms with Crippen LogP contribution in [0.5, 0.6) is 0 Å². The number of nitrogens with two attached hydrogens (primary N) is 1. The van der Waals surface area contributed by atoms with Gasteiger partial charge in [-0.3, -0.25) is 9.69 Å². The van der Waals surface area contributed by atoms with E-state index >= 15 is 0 Å². The van der Waals surface area contributed by atoms with Crippen LogP contribution in [0.3, 0.4) is 0 Å². The summed E-state index contributed by atoms with van der Waals surface area (Å²) in [4.78, 5) is 15.0. The number of hydrogen-bond donors (Lipinski definition) is 2. The molecule has 2 fully saturated rings. The van der Waals surface area contributed by atoms with Gasteiger partial charge in [0.15, 0.2) is 0 Å². The summed E-state index contributed by atoms with van der Waals surface area (Å²) in [5.41, 5.74) is 7.47. The number of nitrogens with one attached hydrogen (secondary N) is 1. The molecule has 3 N–H and O–H groups in total. The van der Waals surface area contributed by atoms with Crippen LogP contribution in [0.15, 0.2) is 30.3 Å². The average molecular weight is 329 g/mol. The molecule has 2 bridgehead atoms. The van der Waals surface area contributed by atoms with E-state index in [0.29, 0.717) is 12.1 Å². The van der Waals surface area contributed by atoms with Crippen LogP contribution in [0.2, 0.25) is 0 Å². The second-order valence-corrected chi connectivity index (χ2v) is 7.63. The summed E-state index contributed by atoms with van der Waals surface area (Å²) in [7, 11) is 0. The SMILES string of the molecule is CCC(C)C(N)C(=O)NC1CC2CCC(C1)N2Cc1ccccc1. The van der Waals surface area contributed by atoms with E-state index in [1.807, 2.05) is 0 Å². The molecule has 4 nitrogen and oxygen atoms in total. The number of nitrogens with zero attached hydrogens (tertiary/aromatic N) is 1. The number of benzene rings is 1. The van der Waals surface area contributed by atoms with Gasteiger partial charge in [0.1, 0.15) is 0 Å². The molecule has 2 aliphatic rings. The van der Waals surface area contributed by atoms with Gasteiger partial charge in [0.2, 0.25) is 5.91 Å². The topological polar surface area (TPSA) is 58.4 Å². The highest BCUT2D eigenvalue weighted by Gasteiger charge is 2.41. The first kappa shape index (κ1) is 17.4. The Morgan fingerprint density at radius 1 is 1.25 bits per heavy atom.